The molecule has 9 heteroatoms. The summed E-state index contributed by atoms with van der Waals surface area (Å²) in [6, 6.07) is 8.58. The Morgan fingerprint density at radius 1 is 1.30 bits per heavy atom. The normalized spacial score (nSPS) is 12.9. The topological polar surface area (TPSA) is 94.0 Å². The molecule has 1 aromatic carbocycles. The molecule has 0 aliphatic heterocycles. The third-order valence-electron chi connectivity index (χ3n) is 3.22. The zero-order chi connectivity index (χ0) is 20.4. The number of nitrogens with zero attached hydrogens (tertiary/aromatic N) is 2. The lowest BCUT2D eigenvalue weighted by atomic mass is 10.1. The number of hydrogen-bond donors (Lipinski definition) is 2. The first-order valence-corrected chi connectivity index (χ1v) is 8.06. The lowest BCUT2D eigenvalue weighted by Gasteiger charge is -2.15. The number of aromatic nitrogens is 2. The average molecular weight is 382 g/mol. The van der Waals surface area contributed by atoms with Gasteiger partial charge in [0.2, 0.25) is 11.8 Å². The van der Waals surface area contributed by atoms with Gasteiger partial charge in [0.25, 0.3) is 0 Å². The van der Waals surface area contributed by atoms with Crippen LogP contribution in [-0.2, 0) is 4.79 Å². The molecule has 2 atom stereocenters. The fourth-order valence-corrected chi connectivity index (χ4v) is 1.83. The van der Waals surface area contributed by atoms with Crippen LogP contribution < -0.4 is 11.1 Å². The van der Waals surface area contributed by atoms with Gasteiger partial charge in [0.1, 0.15) is 6.04 Å². The maximum atomic E-state index is 12.2. The SMILES string of the molecule is C#CCCC(NC(=O)C(F)(F)F)c1nnc(C(C)N)o1.Cc1ccccc1. The van der Waals surface area contributed by atoms with Crippen molar-refractivity contribution in [3.8, 4) is 12.3 Å². The molecular weight excluding hydrogens is 361 g/mol. The fraction of sp³-hybridized carbons (Fsp3) is 0.389. The van der Waals surface area contributed by atoms with Crippen molar-refractivity contribution in [2.45, 2.75) is 44.9 Å². The van der Waals surface area contributed by atoms with E-state index in [4.69, 9.17) is 16.6 Å². The molecule has 0 saturated carbocycles. The summed E-state index contributed by atoms with van der Waals surface area (Å²) in [6.07, 6.45) is 0.230. The molecule has 2 rings (SSSR count). The summed E-state index contributed by atoms with van der Waals surface area (Å²) in [5.74, 6) is 0.0653. The zero-order valence-electron chi connectivity index (χ0n) is 15.0. The van der Waals surface area contributed by atoms with Gasteiger partial charge in [-0.3, -0.25) is 4.79 Å². The Bertz CT molecular complexity index is 752. The number of halogens is 3. The lowest BCUT2D eigenvalue weighted by molar-refractivity contribution is -0.174. The van der Waals surface area contributed by atoms with Crippen LogP contribution in [0.3, 0.4) is 0 Å². The molecule has 6 nitrogen and oxygen atoms in total. The summed E-state index contributed by atoms with van der Waals surface area (Å²) in [7, 11) is 0. The highest BCUT2D eigenvalue weighted by molar-refractivity contribution is 5.81. The minimum atomic E-state index is -5.00. The van der Waals surface area contributed by atoms with E-state index in [1.54, 1.807) is 12.2 Å². The van der Waals surface area contributed by atoms with E-state index in [0.29, 0.717) is 0 Å². The van der Waals surface area contributed by atoms with Gasteiger partial charge in [0, 0.05) is 6.42 Å². The van der Waals surface area contributed by atoms with Crippen molar-refractivity contribution in [1.82, 2.24) is 15.5 Å². The van der Waals surface area contributed by atoms with Crippen LogP contribution in [0.2, 0.25) is 0 Å². The number of carbonyl (C=O) groups excluding carboxylic acids is 1. The predicted octanol–water partition coefficient (Wildman–Crippen LogP) is 3.22. The van der Waals surface area contributed by atoms with E-state index in [1.807, 2.05) is 18.2 Å². The van der Waals surface area contributed by atoms with E-state index in [1.165, 1.54) is 5.56 Å². The van der Waals surface area contributed by atoms with E-state index in [9.17, 15) is 18.0 Å². The second-order valence-corrected chi connectivity index (χ2v) is 5.69. The first-order chi connectivity index (χ1) is 12.6. The number of aryl methyl sites for hydroxylation is 1. The largest absolute Gasteiger partial charge is 0.471 e. The Hall–Kier alpha value is -2.86. The fourth-order valence-electron chi connectivity index (χ4n) is 1.83. The van der Waals surface area contributed by atoms with Crippen LogP contribution in [0.25, 0.3) is 0 Å². The van der Waals surface area contributed by atoms with Crippen LogP contribution in [0, 0.1) is 19.3 Å². The molecule has 146 valence electrons. The molecule has 0 aliphatic carbocycles. The number of terminal acetylenes is 1. The maximum Gasteiger partial charge on any atom is 0.471 e. The lowest BCUT2D eigenvalue weighted by Crippen LogP contribution is -2.39. The van der Waals surface area contributed by atoms with Gasteiger partial charge in [-0.15, -0.1) is 22.5 Å². The second-order valence-electron chi connectivity index (χ2n) is 5.69. The molecule has 0 radical (unpaired) electrons. The van der Waals surface area contributed by atoms with Gasteiger partial charge in [0.05, 0.1) is 6.04 Å². The summed E-state index contributed by atoms with van der Waals surface area (Å²) in [4.78, 5) is 10.9. The first kappa shape index (κ1) is 22.2. The third-order valence-corrected chi connectivity index (χ3v) is 3.22. The number of nitrogens with two attached hydrogens (primary N) is 1. The number of nitrogens with one attached hydrogen (secondary N) is 1. The summed E-state index contributed by atoms with van der Waals surface area (Å²) in [5, 5.41) is 8.93. The predicted molar refractivity (Wildman–Crippen MR) is 93.1 cm³/mol. The van der Waals surface area contributed by atoms with Crippen LogP contribution in [0.5, 0.6) is 0 Å². The van der Waals surface area contributed by atoms with Gasteiger partial charge in [-0.1, -0.05) is 35.9 Å². The highest BCUT2D eigenvalue weighted by atomic mass is 19.4. The van der Waals surface area contributed by atoms with Gasteiger partial charge in [-0.05, 0) is 20.3 Å². The smallest absolute Gasteiger partial charge is 0.421 e. The number of carbonyl (C=O) groups is 1. The first-order valence-electron chi connectivity index (χ1n) is 8.06. The third kappa shape index (κ3) is 7.92. The van der Waals surface area contributed by atoms with Gasteiger partial charge in [-0.2, -0.15) is 13.2 Å². The quantitative estimate of drug-likeness (QED) is 0.775. The molecule has 0 saturated heterocycles. The number of benzene rings is 1. The van der Waals surface area contributed by atoms with Crippen LogP contribution in [-0.4, -0.2) is 22.3 Å². The number of alkyl halides is 3. The molecule has 0 bridgehead atoms. The minimum Gasteiger partial charge on any atom is -0.421 e. The summed E-state index contributed by atoms with van der Waals surface area (Å²) >= 11 is 0. The summed E-state index contributed by atoms with van der Waals surface area (Å²) in [5.41, 5.74) is 6.82. The Balaban J connectivity index is 0.000000433. The van der Waals surface area contributed by atoms with Crippen molar-refractivity contribution in [3.63, 3.8) is 0 Å². The molecule has 2 aromatic rings. The van der Waals surface area contributed by atoms with Gasteiger partial charge in [-0.25, -0.2) is 0 Å². The molecule has 0 spiro atoms. The van der Waals surface area contributed by atoms with Crippen LogP contribution in [0.15, 0.2) is 34.7 Å². The van der Waals surface area contributed by atoms with Crippen molar-refractivity contribution in [2.75, 3.05) is 0 Å². The van der Waals surface area contributed by atoms with Crippen molar-refractivity contribution in [2.24, 2.45) is 5.73 Å². The van der Waals surface area contributed by atoms with Crippen LogP contribution in [0.1, 0.15) is 49.2 Å². The van der Waals surface area contributed by atoms with Crippen molar-refractivity contribution >= 4 is 5.91 Å². The zero-order valence-corrected chi connectivity index (χ0v) is 15.0. The number of rotatable bonds is 5. The van der Waals surface area contributed by atoms with E-state index in [-0.39, 0.29) is 24.6 Å². The van der Waals surface area contributed by atoms with Gasteiger partial charge < -0.3 is 15.5 Å². The molecular formula is C18H21F3N4O2. The molecule has 3 N–H and O–H groups in total. The highest BCUT2D eigenvalue weighted by Gasteiger charge is 2.40. The van der Waals surface area contributed by atoms with Crippen LogP contribution in [0.4, 0.5) is 13.2 Å². The van der Waals surface area contributed by atoms with Crippen molar-refractivity contribution < 1.29 is 22.4 Å². The van der Waals surface area contributed by atoms with E-state index >= 15 is 0 Å². The number of hydrogen-bond acceptors (Lipinski definition) is 5. The Morgan fingerprint density at radius 3 is 2.30 bits per heavy atom. The second kappa shape index (κ2) is 10.3. The molecule has 0 aliphatic rings. The van der Waals surface area contributed by atoms with E-state index in [2.05, 4.69) is 35.2 Å². The molecule has 1 heterocycles. The van der Waals surface area contributed by atoms with Crippen molar-refractivity contribution in [1.29, 1.82) is 0 Å². The Kier molecular flexibility index (Phi) is 8.48. The monoisotopic (exact) mass is 382 g/mol. The maximum absolute atomic E-state index is 12.2. The van der Waals surface area contributed by atoms with E-state index < -0.39 is 24.2 Å². The molecule has 0 fully saturated rings. The Morgan fingerprint density at radius 2 is 1.89 bits per heavy atom. The molecule has 2 unspecified atom stereocenters. The van der Waals surface area contributed by atoms with Gasteiger partial charge >= 0.3 is 12.1 Å². The average Bonchev–Trinajstić information content (AvgIpc) is 3.09. The highest BCUT2D eigenvalue weighted by Crippen LogP contribution is 2.22. The molecule has 27 heavy (non-hydrogen) atoms. The Labute approximate surface area is 155 Å². The molecule has 1 amide bonds. The summed E-state index contributed by atoms with van der Waals surface area (Å²) in [6.45, 7) is 3.65. The number of amides is 1. The summed E-state index contributed by atoms with van der Waals surface area (Å²) < 4.78 is 41.8. The van der Waals surface area contributed by atoms with Crippen molar-refractivity contribution in [3.05, 3.63) is 47.7 Å². The van der Waals surface area contributed by atoms with Crippen LogP contribution >= 0.6 is 0 Å². The van der Waals surface area contributed by atoms with E-state index in [0.717, 1.165) is 0 Å². The van der Waals surface area contributed by atoms with Gasteiger partial charge in [0.15, 0.2) is 0 Å². The standard InChI is InChI=1S/C11H13F3N4O2.C7H8/c1-3-4-5-7(16-10(19)11(12,13)14)9-18-17-8(20-9)6(2)15;1-7-5-3-2-4-6-7/h1,6-7H,4-5,15H2,2H3,(H,16,19);2-6H,1H3. The minimum absolute atomic E-state index is 0.0406. The molecule has 1 aromatic heterocycles.